The fourth-order valence-electron chi connectivity index (χ4n) is 11.5. The number of aliphatic hydroxyl groups excluding tert-OH is 1. The van der Waals surface area contributed by atoms with E-state index >= 15 is 0 Å². The van der Waals surface area contributed by atoms with Gasteiger partial charge in [0.05, 0.1) is 26.4 Å². The van der Waals surface area contributed by atoms with E-state index in [9.17, 15) is 43.2 Å². The lowest BCUT2D eigenvalue weighted by atomic mass is 9.99. The van der Waals surface area contributed by atoms with Crippen molar-refractivity contribution in [1.29, 1.82) is 0 Å². The van der Waals surface area contributed by atoms with E-state index < -0.39 is 97.5 Å². The van der Waals surface area contributed by atoms with Gasteiger partial charge in [0.2, 0.25) is 0 Å². The van der Waals surface area contributed by atoms with Crippen molar-refractivity contribution in [2.24, 2.45) is 23.7 Å². The van der Waals surface area contributed by atoms with Crippen molar-refractivity contribution in [3.63, 3.8) is 0 Å². The smallest absolute Gasteiger partial charge is 0.462 e. The van der Waals surface area contributed by atoms with Crippen molar-refractivity contribution in [3.05, 3.63) is 0 Å². The normalized spacial score (nSPS) is 14.7. The van der Waals surface area contributed by atoms with Gasteiger partial charge in [-0.2, -0.15) is 0 Å². The Kier molecular flexibility index (Phi) is 64.0. The van der Waals surface area contributed by atoms with E-state index in [1.165, 1.54) is 180 Å². The molecule has 564 valence electrons. The average molecular weight is 1400 g/mol. The fraction of sp³-hybridized carbons (Fsp3) is 0.947. The lowest BCUT2D eigenvalue weighted by molar-refractivity contribution is -0.161. The molecule has 0 rings (SSSR count). The van der Waals surface area contributed by atoms with Crippen LogP contribution >= 0.6 is 15.6 Å². The van der Waals surface area contributed by atoms with Crippen molar-refractivity contribution >= 4 is 39.5 Å². The van der Waals surface area contributed by atoms with E-state index in [-0.39, 0.29) is 25.7 Å². The molecule has 7 atom stereocenters. The Hall–Kier alpha value is -1.94. The maximum absolute atomic E-state index is 13.1. The highest BCUT2D eigenvalue weighted by molar-refractivity contribution is 7.47. The van der Waals surface area contributed by atoms with E-state index in [2.05, 4.69) is 55.4 Å². The van der Waals surface area contributed by atoms with Crippen LogP contribution in [0.25, 0.3) is 0 Å². The first-order valence-corrected chi connectivity index (χ1v) is 42.3. The molecule has 0 radical (unpaired) electrons. The molecule has 0 amide bonds. The number of rotatable bonds is 73. The Labute approximate surface area is 581 Å². The van der Waals surface area contributed by atoms with Gasteiger partial charge in [-0.1, -0.05) is 331 Å². The highest BCUT2D eigenvalue weighted by Crippen LogP contribution is 2.45. The summed E-state index contributed by atoms with van der Waals surface area (Å²) in [5, 5.41) is 10.6. The van der Waals surface area contributed by atoms with Gasteiger partial charge in [-0.15, -0.1) is 0 Å². The van der Waals surface area contributed by atoms with Gasteiger partial charge in [0.25, 0.3) is 0 Å². The van der Waals surface area contributed by atoms with Gasteiger partial charge in [-0.05, 0) is 49.4 Å². The van der Waals surface area contributed by atoms with Crippen LogP contribution in [0.15, 0.2) is 0 Å². The topological polar surface area (TPSA) is 237 Å². The van der Waals surface area contributed by atoms with Crippen LogP contribution in [-0.4, -0.2) is 96.7 Å². The van der Waals surface area contributed by atoms with Gasteiger partial charge in [-0.25, -0.2) is 9.13 Å². The first kappa shape index (κ1) is 93.1. The highest BCUT2D eigenvalue weighted by Gasteiger charge is 2.30. The Bertz CT molecular complexity index is 1870. The Morgan fingerprint density at radius 2 is 0.505 bits per heavy atom. The molecule has 0 saturated heterocycles. The second kappa shape index (κ2) is 65.4. The number of hydrogen-bond donors (Lipinski definition) is 3. The molecule has 4 unspecified atom stereocenters. The fourth-order valence-corrected chi connectivity index (χ4v) is 13.1. The molecular weight excluding hydrogens is 1250 g/mol. The Morgan fingerprint density at radius 1 is 0.295 bits per heavy atom. The van der Waals surface area contributed by atoms with Gasteiger partial charge >= 0.3 is 39.5 Å². The van der Waals surface area contributed by atoms with Crippen LogP contribution in [0, 0.1) is 23.7 Å². The second-order valence-electron chi connectivity index (χ2n) is 28.8. The van der Waals surface area contributed by atoms with Crippen molar-refractivity contribution in [2.75, 3.05) is 39.6 Å². The molecule has 95 heavy (non-hydrogen) atoms. The van der Waals surface area contributed by atoms with Crippen molar-refractivity contribution in [1.82, 2.24) is 0 Å². The number of carbonyl (C=O) groups is 4. The lowest BCUT2D eigenvalue weighted by Gasteiger charge is -2.21. The summed E-state index contributed by atoms with van der Waals surface area (Å²) in [5.41, 5.74) is 0. The third-order valence-corrected chi connectivity index (χ3v) is 20.2. The summed E-state index contributed by atoms with van der Waals surface area (Å²) in [6.07, 6.45) is 49.9. The van der Waals surface area contributed by atoms with E-state index in [1.54, 1.807) is 0 Å². The zero-order valence-corrected chi connectivity index (χ0v) is 64.1. The van der Waals surface area contributed by atoms with E-state index in [0.717, 1.165) is 114 Å². The molecule has 0 aliphatic rings. The molecule has 19 heteroatoms. The van der Waals surface area contributed by atoms with Crippen molar-refractivity contribution < 1.29 is 80.2 Å². The van der Waals surface area contributed by atoms with Crippen LogP contribution in [0.4, 0.5) is 0 Å². The SMILES string of the molecule is CCC(C)CCCCCCCCCCCCCCCCC(=O)O[C@H](COC(=O)CCCCCCCCC(C)C)COP(=O)(O)OC[C@H](O)COP(=O)(O)OC[C@@H](COC(=O)CCCCCCCCCCCCCC(C)C)OC(=O)CCCCCCCCCCCCC(C)CC. The van der Waals surface area contributed by atoms with Gasteiger partial charge in [-0.3, -0.25) is 37.3 Å². The third-order valence-electron chi connectivity index (χ3n) is 18.3. The third kappa shape index (κ3) is 67.6. The van der Waals surface area contributed by atoms with Crippen molar-refractivity contribution in [2.45, 2.75) is 401 Å². The lowest BCUT2D eigenvalue weighted by Crippen LogP contribution is -2.30. The molecule has 0 heterocycles. The van der Waals surface area contributed by atoms with Crippen molar-refractivity contribution in [3.8, 4) is 0 Å². The van der Waals surface area contributed by atoms with Crippen LogP contribution in [0.5, 0.6) is 0 Å². The highest BCUT2D eigenvalue weighted by atomic mass is 31.2. The summed E-state index contributed by atoms with van der Waals surface area (Å²) in [5.74, 6) is 0.977. The summed E-state index contributed by atoms with van der Waals surface area (Å²) in [7, 11) is -9.91. The summed E-state index contributed by atoms with van der Waals surface area (Å²) >= 11 is 0. The van der Waals surface area contributed by atoms with Gasteiger partial charge < -0.3 is 33.8 Å². The molecule has 0 aliphatic carbocycles. The van der Waals surface area contributed by atoms with Crippen LogP contribution in [-0.2, 0) is 65.4 Å². The molecule has 0 aliphatic heterocycles. The zero-order valence-electron chi connectivity index (χ0n) is 62.3. The van der Waals surface area contributed by atoms with E-state index in [0.29, 0.717) is 31.6 Å². The molecule has 17 nitrogen and oxygen atoms in total. The van der Waals surface area contributed by atoms with Gasteiger partial charge in [0, 0.05) is 25.7 Å². The van der Waals surface area contributed by atoms with Crippen LogP contribution in [0.1, 0.15) is 383 Å². The second-order valence-corrected chi connectivity index (χ2v) is 31.7. The molecule has 0 aromatic rings. The quantitative estimate of drug-likeness (QED) is 0.0222. The zero-order chi connectivity index (χ0) is 70.3. The van der Waals surface area contributed by atoms with Gasteiger partial charge in [0.1, 0.15) is 19.3 Å². The van der Waals surface area contributed by atoms with Crippen LogP contribution < -0.4 is 0 Å². The average Bonchev–Trinajstić information content (AvgIpc) is 2.11. The molecular formula is C76H148O17P2. The minimum Gasteiger partial charge on any atom is -0.462 e. The minimum absolute atomic E-state index is 0.106. The molecule has 0 spiro atoms. The minimum atomic E-state index is -4.96. The van der Waals surface area contributed by atoms with Gasteiger partial charge in [0.15, 0.2) is 12.2 Å². The first-order valence-electron chi connectivity index (χ1n) is 39.3. The predicted molar refractivity (Wildman–Crippen MR) is 386 cm³/mol. The molecule has 0 aromatic heterocycles. The Balaban J connectivity index is 5.23. The standard InChI is InChI=1S/C76H148O17P2/c1-9-68(7)54-46-38-29-23-17-13-11-12-14-18-26-32-42-50-58-75(80)93-72(63-87-74(79)57-49-41-35-34-37-45-53-67(5)6)65-91-95(84,85)89-61-70(77)60-88-94(82,83)90-64-71(92-76(81)59-51-43-33-27-21-20-24-30-39-47-55-69(8)10-2)62-86-73(78)56-48-40-31-25-19-15-16-22-28-36-44-52-66(3)4/h66-72,77H,9-65H2,1-8H3,(H,82,83)(H,84,85)/t68?,69?,70-,71-,72-/m1/s1. The van der Waals surface area contributed by atoms with Crippen LogP contribution in [0.2, 0.25) is 0 Å². The first-order chi connectivity index (χ1) is 45.7. The molecule has 0 fully saturated rings. The number of ether oxygens (including phenoxy) is 4. The monoisotopic (exact) mass is 1400 g/mol. The molecule has 0 aromatic carbocycles. The summed E-state index contributed by atoms with van der Waals surface area (Å²) < 4.78 is 68.5. The summed E-state index contributed by atoms with van der Waals surface area (Å²) in [6.45, 7) is 14.2. The summed E-state index contributed by atoms with van der Waals surface area (Å²) in [4.78, 5) is 72.8. The molecule has 0 bridgehead atoms. The summed E-state index contributed by atoms with van der Waals surface area (Å²) in [6, 6.07) is 0. The number of phosphoric ester groups is 2. The van der Waals surface area contributed by atoms with Crippen LogP contribution in [0.3, 0.4) is 0 Å². The Morgan fingerprint density at radius 3 is 0.747 bits per heavy atom. The number of hydrogen-bond acceptors (Lipinski definition) is 15. The number of phosphoric acid groups is 2. The van der Waals surface area contributed by atoms with E-state index in [4.69, 9.17) is 37.0 Å². The maximum Gasteiger partial charge on any atom is 0.472 e. The molecule has 3 N–H and O–H groups in total. The van der Waals surface area contributed by atoms with E-state index in [1.807, 2.05) is 0 Å². The number of esters is 4. The maximum atomic E-state index is 13.1. The number of aliphatic hydroxyl groups is 1. The predicted octanol–water partition coefficient (Wildman–Crippen LogP) is 22.0. The number of unbranched alkanes of at least 4 members (excludes halogenated alkanes) is 37. The largest absolute Gasteiger partial charge is 0.472 e. The molecule has 0 saturated carbocycles. The number of carbonyl (C=O) groups excluding carboxylic acids is 4.